The summed E-state index contributed by atoms with van der Waals surface area (Å²) in [5, 5.41) is 9.65. The molecule has 0 aromatic heterocycles. The summed E-state index contributed by atoms with van der Waals surface area (Å²) in [5.41, 5.74) is 0. The van der Waals surface area contributed by atoms with Crippen molar-refractivity contribution in [1.29, 1.82) is 0 Å². The number of unbranched alkanes of at least 4 members (excludes halogenated alkanes) is 1. The number of rotatable bonds is 5. The Bertz CT molecular complexity index is 60.2. The van der Waals surface area contributed by atoms with Gasteiger partial charge in [0, 0.05) is 0 Å². The Morgan fingerprint density at radius 1 is 1.56 bits per heavy atom. The lowest BCUT2D eigenvalue weighted by molar-refractivity contribution is -1.20. The monoisotopic (exact) mass is 135 g/mol. The Morgan fingerprint density at radius 3 is 2.67 bits per heavy atom. The molecular formula is C5H13NO3. The Kier molecular flexibility index (Phi) is 5.86. The normalized spacial score (nSPS) is 13.7. The minimum atomic E-state index is -0.594. The van der Waals surface area contributed by atoms with Crippen molar-refractivity contribution in [3.8, 4) is 0 Å². The summed E-state index contributed by atoms with van der Waals surface area (Å²) in [4.78, 5) is 8.81. The van der Waals surface area contributed by atoms with Crippen LogP contribution in [0.3, 0.4) is 0 Å². The maximum Gasteiger partial charge on any atom is 0.111 e. The van der Waals surface area contributed by atoms with Crippen LogP contribution in [0, 0.1) is 5.21 Å². The van der Waals surface area contributed by atoms with E-state index >= 15 is 0 Å². The van der Waals surface area contributed by atoms with Crippen molar-refractivity contribution in [2.75, 3.05) is 13.7 Å². The molecule has 0 saturated carbocycles. The van der Waals surface area contributed by atoms with Crippen LogP contribution in [0.25, 0.3) is 0 Å². The van der Waals surface area contributed by atoms with Crippen molar-refractivity contribution < 1.29 is 15.1 Å². The van der Waals surface area contributed by atoms with Gasteiger partial charge in [-0.25, -0.2) is 0 Å². The highest BCUT2D eigenvalue weighted by atomic mass is 17.1. The minimum absolute atomic E-state index is 0.461. The third-order valence-electron chi connectivity index (χ3n) is 0.884. The summed E-state index contributed by atoms with van der Waals surface area (Å²) in [6.07, 6.45) is 1.92. The molecule has 1 atom stereocenters. The van der Waals surface area contributed by atoms with Crippen molar-refractivity contribution >= 4 is 0 Å². The fourth-order valence-corrected chi connectivity index (χ4v) is 0.359. The molecular weight excluding hydrogens is 122 g/mol. The quantitative estimate of drug-likeness (QED) is 0.414. The molecule has 4 heteroatoms. The summed E-state index contributed by atoms with van der Waals surface area (Å²) in [7, 11) is 1.30. The molecule has 0 saturated heterocycles. The van der Waals surface area contributed by atoms with Crippen molar-refractivity contribution in [3.05, 3.63) is 5.21 Å². The lowest BCUT2D eigenvalue weighted by atomic mass is 10.4. The second-order valence-corrected chi connectivity index (χ2v) is 1.66. The highest BCUT2D eigenvalue weighted by Crippen LogP contribution is 1.82. The molecule has 0 aromatic carbocycles. The molecule has 0 aliphatic heterocycles. The molecule has 0 spiro atoms. The van der Waals surface area contributed by atoms with E-state index in [1.807, 2.05) is 6.92 Å². The first kappa shape index (κ1) is 8.84. The molecule has 0 aromatic rings. The molecule has 56 valence electrons. The van der Waals surface area contributed by atoms with E-state index in [9.17, 15) is 5.21 Å². The Balaban J connectivity index is 2.88. The first-order chi connectivity index (χ1) is 4.31. The maximum absolute atomic E-state index is 10.2. The standard InChI is InChI=1S/C5H13NO3/c1-3-4-5-9-6(7)8-2/h6H,3-5H2,1-2H3. The third-order valence-corrected chi connectivity index (χ3v) is 0.884. The van der Waals surface area contributed by atoms with Crippen molar-refractivity contribution in [3.63, 3.8) is 0 Å². The van der Waals surface area contributed by atoms with Gasteiger partial charge in [0.05, 0.1) is 7.11 Å². The van der Waals surface area contributed by atoms with Gasteiger partial charge in [-0.05, 0) is 6.42 Å². The highest BCUT2D eigenvalue weighted by molar-refractivity contribution is 4.25. The van der Waals surface area contributed by atoms with Crippen LogP contribution in [0.15, 0.2) is 0 Å². The molecule has 0 heterocycles. The fourth-order valence-electron chi connectivity index (χ4n) is 0.359. The highest BCUT2D eigenvalue weighted by Gasteiger charge is 1.91. The molecule has 0 radical (unpaired) electrons. The van der Waals surface area contributed by atoms with Crippen molar-refractivity contribution in [2.24, 2.45) is 0 Å². The van der Waals surface area contributed by atoms with Crippen LogP contribution in [0.5, 0.6) is 0 Å². The van der Waals surface area contributed by atoms with Crippen LogP contribution < -0.4 is 5.39 Å². The van der Waals surface area contributed by atoms with Crippen LogP contribution in [0.2, 0.25) is 0 Å². The van der Waals surface area contributed by atoms with Crippen LogP contribution in [-0.2, 0) is 9.68 Å². The molecule has 0 aliphatic rings. The van der Waals surface area contributed by atoms with Gasteiger partial charge in [-0.15, -0.1) is 0 Å². The van der Waals surface area contributed by atoms with E-state index in [2.05, 4.69) is 9.68 Å². The number of quaternary nitrogens is 1. The van der Waals surface area contributed by atoms with Crippen molar-refractivity contribution in [1.82, 2.24) is 0 Å². The van der Waals surface area contributed by atoms with Gasteiger partial charge in [0.15, 0.2) is 0 Å². The molecule has 1 unspecified atom stereocenters. The molecule has 0 amide bonds. The smallest absolute Gasteiger partial charge is 0.111 e. The first-order valence-corrected chi connectivity index (χ1v) is 3.02. The Morgan fingerprint density at radius 2 is 2.22 bits per heavy atom. The molecule has 1 N–H and O–H groups in total. The average molecular weight is 135 g/mol. The average Bonchev–Trinajstić information content (AvgIpc) is 1.89. The summed E-state index contributed by atoms with van der Waals surface area (Å²) in [6, 6.07) is 0. The third kappa shape index (κ3) is 5.72. The molecule has 9 heavy (non-hydrogen) atoms. The maximum atomic E-state index is 10.2. The zero-order valence-electron chi connectivity index (χ0n) is 5.85. The predicted octanol–water partition coefficient (Wildman–Crippen LogP) is -0.338. The van der Waals surface area contributed by atoms with Gasteiger partial charge >= 0.3 is 0 Å². The number of hydrogen-bond donors (Lipinski definition) is 1. The lowest BCUT2D eigenvalue weighted by Gasteiger charge is -2.13. The molecule has 4 nitrogen and oxygen atoms in total. The number of nitrogens with one attached hydrogen (secondary N) is 1. The molecule has 0 bridgehead atoms. The van der Waals surface area contributed by atoms with E-state index in [-0.39, 0.29) is 0 Å². The van der Waals surface area contributed by atoms with E-state index in [0.717, 1.165) is 12.8 Å². The lowest BCUT2D eigenvalue weighted by Crippen LogP contribution is -3.04. The first-order valence-electron chi connectivity index (χ1n) is 3.02. The summed E-state index contributed by atoms with van der Waals surface area (Å²) < 4.78 is 0. The van der Waals surface area contributed by atoms with E-state index in [0.29, 0.717) is 6.61 Å². The van der Waals surface area contributed by atoms with Crippen LogP contribution in [0.4, 0.5) is 0 Å². The largest absolute Gasteiger partial charge is 0.566 e. The topological polar surface area (TPSA) is 46.0 Å². The summed E-state index contributed by atoms with van der Waals surface area (Å²) in [5.74, 6) is 0. The van der Waals surface area contributed by atoms with Gasteiger partial charge < -0.3 is 5.21 Å². The minimum Gasteiger partial charge on any atom is -0.566 e. The Hall–Kier alpha value is -0.160. The van der Waals surface area contributed by atoms with Gasteiger partial charge in [0.25, 0.3) is 0 Å². The van der Waals surface area contributed by atoms with Gasteiger partial charge in [0.2, 0.25) is 0 Å². The van der Waals surface area contributed by atoms with Crippen LogP contribution in [0.1, 0.15) is 19.8 Å². The van der Waals surface area contributed by atoms with Gasteiger partial charge in [0.1, 0.15) is 6.61 Å². The van der Waals surface area contributed by atoms with Crippen molar-refractivity contribution in [2.45, 2.75) is 19.8 Å². The van der Waals surface area contributed by atoms with E-state index in [1.54, 1.807) is 0 Å². The second kappa shape index (κ2) is 5.97. The predicted molar refractivity (Wildman–Crippen MR) is 32.2 cm³/mol. The number of hydrogen-bond acceptors (Lipinski definition) is 3. The van der Waals surface area contributed by atoms with Crippen LogP contribution in [-0.4, -0.2) is 13.7 Å². The molecule has 0 fully saturated rings. The Labute approximate surface area is 54.8 Å². The second-order valence-electron chi connectivity index (χ2n) is 1.66. The van der Waals surface area contributed by atoms with Gasteiger partial charge in [-0.3, -0.25) is 0 Å². The van der Waals surface area contributed by atoms with Gasteiger partial charge in [-0.2, -0.15) is 9.68 Å². The fraction of sp³-hybridized carbons (Fsp3) is 1.00. The summed E-state index contributed by atoms with van der Waals surface area (Å²) in [6.45, 7) is 2.49. The van der Waals surface area contributed by atoms with Crippen LogP contribution >= 0.6 is 0 Å². The molecule has 0 aliphatic carbocycles. The van der Waals surface area contributed by atoms with E-state index in [4.69, 9.17) is 0 Å². The summed E-state index contributed by atoms with van der Waals surface area (Å²) >= 11 is 0. The molecule has 0 rings (SSSR count). The SMILES string of the molecule is CCCCO[NH+]([O-])OC. The van der Waals surface area contributed by atoms with E-state index < -0.39 is 5.39 Å². The zero-order valence-corrected chi connectivity index (χ0v) is 5.85. The van der Waals surface area contributed by atoms with Gasteiger partial charge in [-0.1, -0.05) is 18.7 Å². The zero-order chi connectivity index (χ0) is 7.11. The van der Waals surface area contributed by atoms with E-state index in [1.165, 1.54) is 7.11 Å².